The molecular weight excluding hydrogens is 288 g/mol. The van der Waals surface area contributed by atoms with E-state index in [1.165, 1.54) is 25.3 Å². The lowest BCUT2D eigenvalue weighted by Gasteiger charge is -2.07. The first-order valence-electron chi connectivity index (χ1n) is 5.93. The van der Waals surface area contributed by atoms with Crippen LogP contribution in [-0.4, -0.2) is 12.9 Å². The van der Waals surface area contributed by atoms with Gasteiger partial charge in [0.25, 0.3) is 0 Å². The van der Waals surface area contributed by atoms with Crippen LogP contribution in [0.2, 0.25) is 0 Å². The minimum absolute atomic E-state index is 0.0180. The number of halogens is 4. The Bertz CT molecular complexity index is 675. The molecule has 6 heteroatoms. The van der Waals surface area contributed by atoms with Gasteiger partial charge in [0.05, 0.1) is 7.11 Å². The average molecular weight is 298 g/mol. The van der Waals surface area contributed by atoms with Crippen LogP contribution in [0.15, 0.2) is 30.3 Å². The Labute approximate surface area is 118 Å². The number of methoxy groups -OCH3 is 1. The molecule has 0 saturated carbocycles. The Morgan fingerprint density at radius 3 is 2.24 bits per heavy atom. The molecule has 2 aromatic carbocycles. The van der Waals surface area contributed by atoms with E-state index in [0.717, 1.165) is 0 Å². The topological polar surface area (TPSA) is 26.3 Å². The van der Waals surface area contributed by atoms with Gasteiger partial charge < -0.3 is 4.74 Å². The number of ketones is 1. The molecule has 0 spiro atoms. The molecule has 2 aromatic rings. The summed E-state index contributed by atoms with van der Waals surface area (Å²) >= 11 is 0. The summed E-state index contributed by atoms with van der Waals surface area (Å²) in [4.78, 5) is 11.9. The molecule has 0 aromatic heterocycles. The molecule has 0 aliphatic heterocycles. The highest BCUT2D eigenvalue weighted by molar-refractivity contribution is 5.97. The van der Waals surface area contributed by atoms with Crippen molar-refractivity contribution < 1.29 is 27.1 Å². The van der Waals surface area contributed by atoms with Crippen molar-refractivity contribution in [1.29, 1.82) is 0 Å². The number of ether oxygens (including phenoxy) is 1. The molecular formula is C15H10F4O2. The SMILES string of the molecule is COc1cccc(CC(=O)c2cc(F)c(F)c(F)c2)c1F. The molecule has 0 N–H and O–H groups in total. The molecule has 0 radical (unpaired) electrons. The first-order chi connectivity index (χ1) is 9.93. The summed E-state index contributed by atoms with van der Waals surface area (Å²) in [7, 11) is 1.27. The number of Topliss-reactive ketones (excluding diaryl/α,β-unsaturated/α-hetero) is 1. The van der Waals surface area contributed by atoms with Gasteiger partial charge in [-0.05, 0) is 23.8 Å². The number of hydrogen-bond donors (Lipinski definition) is 0. The first-order valence-corrected chi connectivity index (χ1v) is 5.93. The van der Waals surface area contributed by atoms with Crippen molar-refractivity contribution in [3.8, 4) is 5.75 Å². The van der Waals surface area contributed by atoms with Gasteiger partial charge in [-0.3, -0.25) is 4.79 Å². The van der Waals surface area contributed by atoms with Gasteiger partial charge in [0.1, 0.15) is 0 Å². The zero-order chi connectivity index (χ0) is 15.6. The van der Waals surface area contributed by atoms with Crippen molar-refractivity contribution in [3.63, 3.8) is 0 Å². The quantitative estimate of drug-likeness (QED) is 0.489. The number of benzene rings is 2. The molecule has 2 nitrogen and oxygen atoms in total. The number of carbonyl (C=O) groups is 1. The van der Waals surface area contributed by atoms with Crippen LogP contribution in [0.5, 0.6) is 5.75 Å². The van der Waals surface area contributed by atoms with E-state index in [0.29, 0.717) is 12.1 Å². The molecule has 0 amide bonds. The third kappa shape index (κ3) is 3.04. The predicted molar refractivity (Wildman–Crippen MR) is 67.3 cm³/mol. The first kappa shape index (κ1) is 15.0. The van der Waals surface area contributed by atoms with E-state index in [2.05, 4.69) is 0 Å². The summed E-state index contributed by atoms with van der Waals surface area (Å²) in [6.07, 6.45) is -0.423. The van der Waals surface area contributed by atoms with E-state index < -0.39 is 35.5 Å². The van der Waals surface area contributed by atoms with Crippen LogP contribution in [-0.2, 0) is 6.42 Å². The summed E-state index contributed by atoms with van der Waals surface area (Å²) < 4.78 is 57.6. The van der Waals surface area contributed by atoms with Crippen LogP contribution in [0.25, 0.3) is 0 Å². The van der Waals surface area contributed by atoms with Crippen molar-refractivity contribution in [1.82, 2.24) is 0 Å². The number of rotatable bonds is 4. The van der Waals surface area contributed by atoms with Gasteiger partial charge >= 0.3 is 0 Å². The van der Waals surface area contributed by atoms with E-state index in [4.69, 9.17) is 4.74 Å². The lowest BCUT2D eigenvalue weighted by atomic mass is 10.0. The standard InChI is InChI=1S/C15H10F4O2/c1-21-13-4-2-3-8(14(13)18)7-12(20)9-5-10(16)15(19)11(17)6-9/h2-6H,7H2,1H3. The van der Waals surface area contributed by atoms with E-state index in [1.807, 2.05) is 0 Å². The fourth-order valence-corrected chi connectivity index (χ4v) is 1.84. The normalized spacial score (nSPS) is 10.5. The predicted octanol–water partition coefficient (Wildman–Crippen LogP) is 3.68. The van der Waals surface area contributed by atoms with Crippen molar-refractivity contribution in [2.24, 2.45) is 0 Å². The maximum absolute atomic E-state index is 13.9. The van der Waals surface area contributed by atoms with Crippen LogP contribution in [0, 0.1) is 23.3 Å². The average Bonchev–Trinajstić information content (AvgIpc) is 2.46. The highest BCUT2D eigenvalue weighted by Crippen LogP contribution is 2.22. The largest absolute Gasteiger partial charge is 0.494 e. The van der Waals surface area contributed by atoms with Gasteiger partial charge in [0.15, 0.2) is 34.8 Å². The number of carbonyl (C=O) groups excluding carboxylic acids is 1. The lowest BCUT2D eigenvalue weighted by molar-refractivity contribution is 0.0990. The van der Waals surface area contributed by atoms with E-state index in [1.54, 1.807) is 0 Å². The lowest BCUT2D eigenvalue weighted by Crippen LogP contribution is -2.08. The van der Waals surface area contributed by atoms with Crippen molar-refractivity contribution in [2.45, 2.75) is 6.42 Å². The fraction of sp³-hybridized carbons (Fsp3) is 0.133. The minimum Gasteiger partial charge on any atom is -0.494 e. The second-order valence-corrected chi connectivity index (χ2v) is 4.29. The highest BCUT2D eigenvalue weighted by atomic mass is 19.2. The van der Waals surface area contributed by atoms with Crippen molar-refractivity contribution in [3.05, 3.63) is 64.7 Å². The van der Waals surface area contributed by atoms with Crippen molar-refractivity contribution >= 4 is 5.78 Å². The molecule has 0 bridgehead atoms. The van der Waals surface area contributed by atoms with Gasteiger partial charge in [-0.25, -0.2) is 17.6 Å². The smallest absolute Gasteiger partial charge is 0.194 e. The molecule has 110 valence electrons. The highest BCUT2D eigenvalue weighted by Gasteiger charge is 2.17. The molecule has 0 heterocycles. The van der Waals surface area contributed by atoms with Gasteiger partial charge in [0.2, 0.25) is 0 Å². The molecule has 0 unspecified atom stereocenters. The Balaban J connectivity index is 2.30. The maximum atomic E-state index is 13.9. The Morgan fingerprint density at radius 2 is 1.67 bits per heavy atom. The van der Waals surface area contributed by atoms with Gasteiger partial charge in [-0.1, -0.05) is 12.1 Å². The summed E-state index contributed by atoms with van der Waals surface area (Å²) in [6.45, 7) is 0. The summed E-state index contributed by atoms with van der Waals surface area (Å²) in [5.41, 5.74) is -0.349. The van der Waals surface area contributed by atoms with Crippen molar-refractivity contribution in [2.75, 3.05) is 7.11 Å². The summed E-state index contributed by atoms with van der Waals surface area (Å²) in [5, 5.41) is 0. The number of hydrogen-bond acceptors (Lipinski definition) is 2. The molecule has 0 saturated heterocycles. The van der Waals surface area contributed by atoms with E-state index >= 15 is 0 Å². The van der Waals surface area contributed by atoms with Crippen LogP contribution in [0.4, 0.5) is 17.6 Å². The Kier molecular flexibility index (Phi) is 4.26. The van der Waals surface area contributed by atoms with E-state index in [-0.39, 0.29) is 16.9 Å². The zero-order valence-corrected chi connectivity index (χ0v) is 10.9. The third-order valence-corrected chi connectivity index (χ3v) is 2.92. The van der Waals surface area contributed by atoms with Crippen LogP contribution >= 0.6 is 0 Å². The monoisotopic (exact) mass is 298 g/mol. The summed E-state index contributed by atoms with van der Waals surface area (Å²) in [6, 6.07) is 5.38. The second-order valence-electron chi connectivity index (χ2n) is 4.29. The van der Waals surface area contributed by atoms with Crippen LogP contribution in [0.1, 0.15) is 15.9 Å². The van der Waals surface area contributed by atoms with Gasteiger partial charge in [-0.15, -0.1) is 0 Å². The zero-order valence-electron chi connectivity index (χ0n) is 10.9. The molecule has 0 fully saturated rings. The van der Waals surface area contributed by atoms with Crippen LogP contribution in [0.3, 0.4) is 0 Å². The Hall–Kier alpha value is -2.37. The Morgan fingerprint density at radius 1 is 1.05 bits per heavy atom. The van der Waals surface area contributed by atoms with E-state index in [9.17, 15) is 22.4 Å². The minimum atomic E-state index is -1.65. The fourth-order valence-electron chi connectivity index (χ4n) is 1.84. The second kappa shape index (κ2) is 5.95. The van der Waals surface area contributed by atoms with Crippen LogP contribution < -0.4 is 4.74 Å². The van der Waals surface area contributed by atoms with Gasteiger partial charge in [-0.2, -0.15) is 0 Å². The summed E-state index contributed by atoms with van der Waals surface area (Å²) in [5.74, 6) is -6.10. The third-order valence-electron chi connectivity index (χ3n) is 2.92. The molecule has 21 heavy (non-hydrogen) atoms. The molecule has 0 aliphatic carbocycles. The molecule has 0 aliphatic rings. The molecule has 2 rings (SSSR count). The molecule has 0 atom stereocenters. The van der Waals surface area contributed by atoms with Gasteiger partial charge in [0, 0.05) is 12.0 Å². The maximum Gasteiger partial charge on any atom is 0.194 e.